The summed E-state index contributed by atoms with van der Waals surface area (Å²) in [5.74, 6) is -0.281. The lowest BCUT2D eigenvalue weighted by molar-refractivity contribution is -0.132. The molecular formula is C17H24N2O2. The Hall–Kier alpha value is -2.10. The van der Waals surface area contributed by atoms with Gasteiger partial charge in [-0.3, -0.25) is 9.59 Å². The molecule has 1 aromatic rings. The van der Waals surface area contributed by atoms with E-state index in [9.17, 15) is 9.59 Å². The third-order valence-electron chi connectivity index (χ3n) is 3.23. The van der Waals surface area contributed by atoms with Gasteiger partial charge in [0, 0.05) is 19.2 Å². The number of rotatable bonds is 6. The van der Waals surface area contributed by atoms with Gasteiger partial charge in [0.15, 0.2) is 0 Å². The Morgan fingerprint density at radius 3 is 2.52 bits per heavy atom. The summed E-state index contributed by atoms with van der Waals surface area (Å²) in [4.78, 5) is 25.2. The van der Waals surface area contributed by atoms with Gasteiger partial charge < -0.3 is 10.2 Å². The van der Waals surface area contributed by atoms with E-state index < -0.39 is 0 Å². The lowest BCUT2D eigenvalue weighted by Crippen LogP contribution is -2.39. The third kappa shape index (κ3) is 5.42. The molecule has 114 valence electrons. The molecule has 4 nitrogen and oxygen atoms in total. The van der Waals surface area contributed by atoms with Crippen molar-refractivity contribution in [3.05, 3.63) is 41.0 Å². The number of benzene rings is 1. The molecule has 0 aliphatic heterocycles. The van der Waals surface area contributed by atoms with Crippen molar-refractivity contribution in [3.63, 3.8) is 0 Å². The fourth-order valence-corrected chi connectivity index (χ4v) is 2.05. The highest BCUT2D eigenvalue weighted by Crippen LogP contribution is 2.12. The highest BCUT2D eigenvalue weighted by atomic mass is 16.2. The summed E-state index contributed by atoms with van der Waals surface area (Å²) in [6.45, 7) is 8.95. The first-order valence-corrected chi connectivity index (χ1v) is 7.28. The van der Waals surface area contributed by atoms with Crippen LogP contribution in [0, 0.1) is 13.8 Å². The molecule has 1 N–H and O–H groups in total. The van der Waals surface area contributed by atoms with Crippen molar-refractivity contribution in [3.8, 4) is 0 Å². The van der Waals surface area contributed by atoms with Gasteiger partial charge in [0.05, 0.1) is 6.54 Å². The van der Waals surface area contributed by atoms with Gasteiger partial charge in [-0.25, -0.2) is 0 Å². The van der Waals surface area contributed by atoms with Crippen LogP contribution in [0.4, 0.5) is 0 Å². The Morgan fingerprint density at radius 2 is 1.95 bits per heavy atom. The lowest BCUT2D eigenvalue weighted by Gasteiger charge is -2.18. The lowest BCUT2D eigenvalue weighted by atomic mass is 10.1. The minimum Gasteiger partial charge on any atom is -0.355 e. The molecule has 0 radical (unpaired) electrons. The second kappa shape index (κ2) is 8.25. The van der Waals surface area contributed by atoms with Gasteiger partial charge in [0.1, 0.15) is 0 Å². The maximum Gasteiger partial charge on any atom is 0.247 e. The van der Waals surface area contributed by atoms with Crippen LogP contribution < -0.4 is 5.32 Å². The van der Waals surface area contributed by atoms with Crippen molar-refractivity contribution >= 4 is 17.9 Å². The molecule has 0 unspecified atom stereocenters. The predicted molar refractivity (Wildman–Crippen MR) is 85.9 cm³/mol. The van der Waals surface area contributed by atoms with E-state index in [4.69, 9.17) is 0 Å². The summed E-state index contributed by atoms with van der Waals surface area (Å²) in [6, 6.07) is 6.09. The van der Waals surface area contributed by atoms with Crippen molar-refractivity contribution in [1.29, 1.82) is 0 Å². The van der Waals surface area contributed by atoms with E-state index in [1.54, 1.807) is 6.08 Å². The quantitative estimate of drug-likeness (QED) is 0.817. The number of carbonyl (C=O) groups is 2. The molecule has 0 atom stereocenters. The molecule has 4 heteroatoms. The molecule has 0 heterocycles. The van der Waals surface area contributed by atoms with Gasteiger partial charge in [-0.15, -0.1) is 0 Å². The number of hydrogen-bond acceptors (Lipinski definition) is 2. The summed E-state index contributed by atoms with van der Waals surface area (Å²) < 4.78 is 0. The summed E-state index contributed by atoms with van der Waals surface area (Å²) in [6.07, 6.45) is 3.33. The van der Waals surface area contributed by atoms with Crippen molar-refractivity contribution in [2.45, 2.75) is 27.7 Å². The number of aryl methyl sites for hydroxylation is 2. The standard InChI is InChI=1S/C17H24N2O2/c1-5-18-16(20)12-19(6-2)17(21)10-9-15-8-7-13(3)11-14(15)4/h7-11H,5-6,12H2,1-4H3,(H,18,20)/b10-9+. The van der Waals surface area contributed by atoms with Gasteiger partial charge in [-0.1, -0.05) is 23.8 Å². The first-order valence-electron chi connectivity index (χ1n) is 7.28. The fraction of sp³-hybridized carbons (Fsp3) is 0.412. The Labute approximate surface area is 126 Å². The number of nitrogens with one attached hydrogen (secondary N) is 1. The summed E-state index contributed by atoms with van der Waals surface area (Å²) >= 11 is 0. The Bertz CT molecular complexity index is 536. The third-order valence-corrected chi connectivity index (χ3v) is 3.23. The van der Waals surface area contributed by atoms with Crippen LogP contribution in [0.15, 0.2) is 24.3 Å². The van der Waals surface area contributed by atoms with E-state index in [2.05, 4.69) is 11.4 Å². The molecule has 0 spiro atoms. The van der Waals surface area contributed by atoms with Gasteiger partial charge in [-0.2, -0.15) is 0 Å². The number of likely N-dealkylation sites (N-methyl/N-ethyl adjacent to an activating group) is 2. The smallest absolute Gasteiger partial charge is 0.247 e. The monoisotopic (exact) mass is 288 g/mol. The second-order valence-corrected chi connectivity index (χ2v) is 5.00. The molecule has 0 aliphatic rings. The van der Waals surface area contributed by atoms with Gasteiger partial charge >= 0.3 is 0 Å². The highest BCUT2D eigenvalue weighted by molar-refractivity contribution is 5.94. The summed E-state index contributed by atoms with van der Waals surface area (Å²) in [7, 11) is 0. The average molecular weight is 288 g/mol. The zero-order valence-electron chi connectivity index (χ0n) is 13.3. The zero-order chi connectivity index (χ0) is 15.8. The molecule has 0 saturated heterocycles. The normalized spacial score (nSPS) is 10.7. The molecule has 0 fully saturated rings. The molecule has 1 rings (SSSR count). The second-order valence-electron chi connectivity index (χ2n) is 5.00. The number of nitrogens with zero attached hydrogens (tertiary/aromatic N) is 1. The van der Waals surface area contributed by atoms with Crippen LogP contribution in [0.2, 0.25) is 0 Å². The van der Waals surface area contributed by atoms with Crippen LogP contribution >= 0.6 is 0 Å². The van der Waals surface area contributed by atoms with E-state index in [0.717, 1.165) is 11.1 Å². The maximum absolute atomic E-state index is 12.1. The average Bonchev–Trinajstić information content (AvgIpc) is 2.43. The topological polar surface area (TPSA) is 49.4 Å². The molecule has 0 aliphatic carbocycles. The molecule has 2 amide bonds. The minimum absolute atomic E-state index is 0.0976. The summed E-state index contributed by atoms with van der Waals surface area (Å²) in [5, 5.41) is 2.70. The Morgan fingerprint density at radius 1 is 1.24 bits per heavy atom. The predicted octanol–water partition coefficient (Wildman–Crippen LogP) is 2.30. The van der Waals surface area contributed by atoms with Crippen molar-refractivity contribution < 1.29 is 9.59 Å². The molecular weight excluding hydrogens is 264 g/mol. The fourth-order valence-electron chi connectivity index (χ4n) is 2.05. The van der Waals surface area contributed by atoms with Crippen LogP contribution in [-0.4, -0.2) is 36.3 Å². The number of hydrogen-bond donors (Lipinski definition) is 1. The van der Waals surface area contributed by atoms with E-state index in [1.807, 2.05) is 39.8 Å². The van der Waals surface area contributed by atoms with Crippen LogP contribution in [0.5, 0.6) is 0 Å². The Kier molecular flexibility index (Phi) is 6.66. The molecule has 0 saturated carbocycles. The molecule has 21 heavy (non-hydrogen) atoms. The van der Waals surface area contributed by atoms with E-state index in [0.29, 0.717) is 13.1 Å². The largest absolute Gasteiger partial charge is 0.355 e. The maximum atomic E-state index is 12.1. The van der Waals surface area contributed by atoms with Crippen molar-refractivity contribution in [2.75, 3.05) is 19.6 Å². The Balaban J connectivity index is 2.73. The number of carbonyl (C=O) groups excluding carboxylic acids is 2. The molecule has 1 aromatic carbocycles. The van der Waals surface area contributed by atoms with Crippen LogP contribution in [0.3, 0.4) is 0 Å². The number of amides is 2. The van der Waals surface area contributed by atoms with Crippen LogP contribution in [0.1, 0.15) is 30.5 Å². The van der Waals surface area contributed by atoms with E-state index in [1.165, 1.54) is 16.5 Å². The van der Waals surface area contributed by atoms with E-state index >= 15 is 0 Å². The van der Waals surface area contributed by atoms with Crippen molar-refractivity contribution in [2.24, 2.45) is 0 Å². The van der Waals surface area contributed by atoms with Gasteiger partial charge in [0.2, 0.25) is 11.8 Å². The van der Waals surface area contributed by atoms with Crippen LogP contribution in [-0.2, 0) is 9.59 Å². The first-order chi connectivity index (χ1) is 9.97. The van der Waals surface area contributed by atoms with E-state index in [-0.39, 0.29) is 18.4 Å². The molecule has 0 aromatic heterocycles. The minimum atomic E-state index is -0.149. The van der Waals surface area contributed by atoms with Crippen LogP contribution in [0.25, 0.3) is 6.08 Å². The molecule has 0 bridgehead atoms. The summed E-state index contributed by atoms with van der Waals surface area (Å²) in [5.41, 5.74) is 3.34. The van der Waals surface area contributed by atoms with Gasteiger partial charge in [0.25, 0.3) is 0 Å². The first kappa shape index (κ1) is 17.0. The zero-order valence-corrected chi connectivity index (χ0v) is 13.3. The van der Waals surface area contributed by atoms with Crippen molar-refractivity contribution in [1.82, 2.24) is 10.2 Å². The van der Waals surface area contributed by atoms with Gasteiger partial charge in [-0.05, 0) is 44.9 Å². The SMILES string of the molecule is CCNC(=O)CN(CC)C(=O)/C=C/c1ccc(C)cc1C. The highest BCUT2D eigenvalue weighted by Gasteiger charge is 2.12.